The minimum atomic E-state index is 0.105. The Morgan fingerprint density at radius 3 is 2.03 bits per heavy atom. The van der Waals surface area contributed by atoms with E-state index in [1.807, 2.05) is 36.4 Å². The Kier molecular flexibility index (Phi) is 5.49. The minimum absolute atomic E-state index is 0.105. The summed E-state index contributed by atoms with van der Waals surface area (Å²) in [5, 5.41) is 14.5. The summed E-state index contributed by atoms with van der Waals surface area (Å²) in [6.45, 7) is 0.242. The van der Waals surface area contributed by atoms with Crippen molar-refractivity contribution in [3.8, 4) is 34.1 Å². The fourth-order valence-corrected chi connectivity index (χ4v) is 4.39. The topological polar surface area (TPSA) is 47.9 Å². The van der Waals surface area contributed by atoms with Crippen LogP contribution < -0.4 is 14.2 Å². The van der Waals surface area contributed by atoms with Crippen molar-refractivity contribution in [2.75, 3.05) is 14.2 Å². The first kappa shape index (κ1) is 20.7. The lowest BCUT2D eigenvalue weighted by Crippen LogP contribution is -2.02. The van der Waals surface area contributed by atoms with Crippen LogP contribution in [0.5, 0.6) is 23.0 Å². The van der Waals surface area contributed by atoms with Gasteiger partial charge in [-0.2, -0.15) is 0 Å². The third-order valence-corrected chi connectivity index (χ3v) is 5.89. The molecule has 0 aliphatic heterocycles. The van der Waals surface area contributed by atoms with Crippen LogP contribution in [-0.4, -0.2) is 19.3 Å². The van der Waals surface area contributed by atoms with Gasteiger partial charge < -0.3 is 19.3 Å². The van der Waals surface area contributed by atoms with Crippen molar-refractivity contribution in [3.05, 3.63) is 96.6 Å². The molecule has 0 aliphatic carbocycles. The van der Waals surface area contributed by atoms with Crippen LogP contribution in [0.4, 0.5) is 0 Å². The minimum Gasteiger partial charge on any atom is -0.504 e. The van der Waals surface area contributed by atoms with Gasteiger partial charge in [0.1, 0.15) is 18.1 Å². The summed E-state index contributed by atoms with van der Waals surface area (Å²) in [6.07, 6.45) is 0. The molecule has 0 unspecified atom stereocenters. The number of hydrogen-bond donors (Lipinski definition) is 1. The molecule has 33 heavy (non-hydrogen) atoms. The SMILES string of the molecule is COc1ccc2ccccc2c1-c1c(OC)c(COc2ccccc2O)cc2ccccc12. The molecule has 5 aromatic carbocycles. The lowest BCUT2D eigenvalue weighted by atomic mass is 9.90. The highest BCUT2D eigenvalue weighted by Crippen LogP contribution is 2.47. The molecule has 0 spiro atoms. The van der Waals surface area contributed by atoms with Gasteiger partial charge >= 0.3 is 0 Å². The van der Waals surface area contributed by atoms with Gasteiger partial charge in [-0.15, -0.1) is 0 Å². The van der Waals surface area contributed by atoms with Gasteiger partial charge in [-0.25, -0.2) is 0 Å². The molecule has 1 N–H and O–H groups in total. The zero-order valence-corrected chi connectivity index (χ0v) is 18.5. The molecule has 0 atom stereocenters. The summed E-state index contributed by atoms with van der Waals surface area (Å²) in [4.78, 5) is 0. The molecule has 164 valence electrons. The molecule has 0 radical (unpaired) electrons. The van der Waals surface area contributed by atoms with Crippen molar-refractivity contribution in [2.24, 2.45) is 0 Å². The van der Waals surface area contributed by atoms with Crippen molar-refractivity contribution in [2.45, 2.75) is 6.61 Å². The van der Waals surface area contributed by atoms with E-state index in [4.69, 9.17) is 14.2 Å². The molecule has 0 aliphatic rings. The first-order valence-corrected chi connectivity index (χ1v) is 10.8. The van der Waals surface area contributed by atoms with Gasteiger partial charge in [0.2, 0.25) is 0 Å². The van der Waals surface area contributed by atoms with Crippen molar-refractivity contribution >= 4 is 21.5 Å². The molecule has 0 bridgehead atoms. The molecule has 5 aromatic rings. The first-order chi connectivity index (χ1) is 16.2. The smallest absolute Gasteiger partial charge is 0.161 e. The molecule has 4 heteroatoms. The zero-order chi connectivity index (χ0) is 22.8. The largest absolute Gasteiger partial charge is 0.504 e. The number of phenols is 1. The van der Waals surface area contributed by atoms with Crippen LogP contribution in [0.2, 0.25) is 0 Å². The average Bonchev–Trinajstić information content (AvgIpc) is 2.86. The van der Waals surface area contributed by atoms with Gasteiger partial charge in [0.05, 0.1) is 14.2 Å². The van der Waals surface area contributed by atoms with E-state index in [1.165, 1.54) is 0 Å². The van der Waals surface area contributed by atoms with Gasteiger partial charge in [0, 0.05) is 16.7 Å². The van der Waals surface area contributed by atoms with E-state index < -0.39 is 0 Å². The molecule has 0 fully saturated rings. The number of para-hydroxylation sites is 2. The summed E-state index contributed by atoms with van der Waals surface area (Å²) in [5.74, 6) is 2.03. The van der Waals surface area contributed by atoms with Gasteiger partial charge in [0.25, 0.3) is 0 Å². The van der Waals surface area contributed by atoms with E-state index in [-0.39, 0.29) is 12.4 Å². The predicted molar refractivity (Wildman–Crippen MR) is 132 cm³/mol. The second-order valence-electron chi connectivity index (χ2n) is 7.79. The second kappa shape index (κ2) is 8.75. The highest BCUT2D eigenvalue weighted by atomic mass is 16.5. The number of hydrogen-bond acceptors (Lipinski definition) is 4. The van der Waals surface area contributed by atoms with E-state index in [9.17, 15) is 5.11 Å². The first-order valence-electron chi connectivity index (χ1n) is 10.8. The molecule has 0 saturated carbocycles. The van der Waals surface area contributed by atoms with Crippen LogP contribution >= 0.6 is 0 Å². The van der Waals surface area contributed by atoms with Crippen molar-refractivity contribution in [1.82, 2.24) is 0 Å². The van der Waals surface area contributed by atoms with Gasteiger partial charge in [-0.3, -0.25) is 0 Å². The monoisotopic (exact) mass is 436 g/mol. The number of fused-ring (bicyclic) bond motifs is 2. The maximum atomic E-state index is 10.1. The summed E-state index contributed by atoms with van der Waals surface area (Å²) < 4.78 is 17.8. The summed E-state index contributed by atoms with van der Waals surface area (Å²) in [7, 11) is 3.36. The highest BCUT2D eigenvalue weighted by Gasteiger charge is 2.21. The number of ether oxygens (including phenoxy) is 3. The quantitative estimate of drug-likeness (QED) is 0.312. The molecule has 0 aromatic heterocycles. The third-order valence-electron chi connectivity index (χ3n) is 5.89. The van der Waals surface area contributed by atoms with Crippen LogP contribution in [0.3, 0.4) is 0 Å². The summed E-state index contributed by atoms with van der Waals surface area (Å²) in [5.41, 5.74) is 2.82. The Bertz CT molecular complexity index is 1460. The molecular weight excluding hydrogens is 412 g/mol. The fraction of sp³-hybridized carbons (Fsp3) is 0.103. The summed E-state index contributed by atoms with van der Waals surface area (Å²) >= 11 is 0. The van der Waals surface area contributed by atoms with Gasteiger partial charge in [0.15, 0.2) is 11.5 Å². The van der Waals surface area contributed by atoms with Crippen molar-refractivity contribution < 1.29 is 19.3 Å². The Hall–Kier alpha value is -4.18. The molecule has 5 rings (SSSR count). The lowest BCUT2D eigenvalue weighted by molar-refractivity contribution is 0.282. The number of aromatic hydroxyl groups is 1. The molecule has 0 saturated heterocycles. The molecule has 0 heterocycles. The number of methoxy groups -OCH3 is 2. The molecular formula is C29H24O4. The number of benzene rings is 5. The van der Waals surface area contributed by atoms with Crippen LogP contribution in [0.15, 0.2) is 91.0 Å². The van der Waals surface area contributed by atoms with E-state index in [2.05, 4.69) is 36.4 Å². The zero-order valence-electron chi connectivity index (χ0n) is 18.5. The van der Waals surface area contributed by atoms with E-state index in [1.54, 1.807) is 32.4 Å². The second-order valence-corrected chi connectivity index (χ2v) is 7.79. The average molecular weight is 437 g/mol. The van der Waals surface area contributed by atoms with Crippen LogP contribution in [0, 0.1) is 0 Å². The van der Waals surface area contributed by atoms with Crippen LogP contribution in [-0.2, 0) is 6.61 Å². The maximum Gasteiger partial charge on any atom is 0.161 e. The van der Waals surface area contributed by atoms with Crippen LogP contribution in [0.1, 0.15) is 5.56 Å². The van der Waals surface area contributed by atoms with E-state index >= 15 is 0 Å². The standard InChI is InChI=1S/C29H24O4/c1-31-26-16-15-19-9-3-5-11-22(19)27(26)28-23-12-6-4-10-20(23)17-21(29(28)32-2)18-33-25-14-8-7-13-24(25)30/h3-17,30H,18H2,1-2H3. The van der Waals surface area contributed by atoms with Crippen molar-refractivity contribution in [1.29, 1.82) is 0 Å². The van der Waals surface area contributed by atoms with Crippen LogP contribution in [0.25, 0.3) is 32.7 Å². The Morgan fingerprint density at radius 2 is 1.30 bits per heavy atom. The Balaban J connectivity index is 1.78. The lowest BCUT2D eigenvalue weighted by Gasteiger charge is -2.20. The van der Waals surface area contributed by atoms with E-state index in [0.29, 0.717) is 5.75 Å². The fourth-order valence-electron chi connectivity index (χ4n) is 4.39. The summed E-state index contributed by atoms with van der Waals surface area (Å²) in [6, 6.07) is 29.6. The predicted octanol–water partition coefficient (Wildman–Crippen LogP) is 6.96. The Labute approximate surface area is 192 Å². The normalized spacial score (nSPS) is 11.0. The third kappa shape index (κ3) is 3.70. The van der Waals surface area contributed by atoms with Gasteiger partial charge in [-0.05, 0) is 45.8 Å². The van der Waals surface area contributed by atoms with Gasteiger partial charge in [-0.1, -0.05) is 66.7 Å². The van der Waals surface area contributed by atoms with E-state index in [0.717, 1.165) is 49.7 Å². The molecule has 4 nitrogen and oxygen atoms in total. The molecule has 0 amide bonds. The van der Waals surface area contributed by atoms with Crippen molar-refractivity contribution in [3.63, 3.8) is 0 Å². The Morgan fingerprint density at radius 1 is 0.636 bits per heavy atom. The number of phenolic OH excluding ortho intramolecular Hbond substituents is 1. The maximum absolute atomic E-state index is 10.1. The highest BCUT2D eigenvalue weighted by molar-refractivity contribution is 6.10. The number of rotatable bonds is 6.